The molecule has 0 fully saturated rings. The largest absolute Gasteiger partial charge is 0.333 e. The van der Waals surface area contributed by atoms with Gasteiger partial charge in [0.2, 0.25) is 0 Å². The lowest BCUT2D eigenvalue weighted by atomic mass is 10.2. The fourth-order valence-corrected chi connectivity index (χ4v) is 1.74. The molecule has 2 rings (SSSR count). The van der Waals surface area contributed by atoms with E-state index in [9.17, 15) is 18.8 Å². The number of hydrogen-bond acceptors (Lipinski definition) is 3. The van der Waals surface area contributed by atoms with Gasteiger partial charge in [0.05, 0.1) is 11.3 Å². The SMILES string of the molecule is CC(=O)c1c[nH]c(=O)n(-c2ccc(C)cc2F)c1=O. The molecule has 0 unspecified atom stereocenters. The van der Waals surface area contributed by atoms with E-state index < -0.39 is 22.8 Å². The van der Waals surface area contributed by atoms with Gasteiger partial charge >= 0.3 is 5.69 Å². The topological polar surface area (TPSA) is 71.9 Å². The highest BCUT2D eigenvalue weighted by molar-refractivity contribution is 5.93. The van der Waals surface area contributed by atoms with E-state index in [2.05, 4.69) is 4.98 Å². The highest BCUT2D eigenvalue weighted by atomic mass is 19.1. The average molecular weight is 262 g/mol. The zero-order chi connectivity index (χ0) is 14.2. The van der Waals surface area contributed by atoms with Crippen LogP contribution in [-0.4, -0.2) is 15.3 Å². The van der Waals surface area contributed by atoms with Crippen LogP contribution in [-0.2, 0) is 0 Å². The molecule has 0 aliphatic rings. The summed E-state index contributed by atoms with van der Waals surface area (Å²) in [6, 6.07) is 4.11. The molecule has 2 aromatic rings. The van der Waals surface area contributed by atoms with Crippen molar-refractivity contribution in [1.82, 2.24) is 9.55 Å². The summed E-state index contributed by atoms with van der Waals surface area (Å²) in [5.41, 5.74) is -1.34. The summed E-state index contributed by atoms with van der Waals surface area (Å²) in [4.78, 5) is 37.2. The third-order valence-electron chi connectivity index (χ3n) is 2.70. The quantitative estimate of drug-likeness (QED) is 0.826. The first kappa shape index (κ1) is 12.9. The van der Waals surface area contributed by atoms with E-state index in [0.717, 1.165) is 6.20 Å². The Balaban J connectivity index is 2.82. The monoisotopic (exact) mass is 262 g/mol. The van der Waals surface area contributed by atoms with Gasteiger partial charge in [-0.15, -0.1) is 0 Å². The first-order valence-corrected chi connectivity index (χ1v) is 5.54. The highest BCUT2D eigenvalue weighted by Crippen LogP contribution is 2.11. The number of carbonyl (C=O) groups excluding carboxylic acids is 1. The van der Waals surface area contributed by atoms with Crippen LogP contribution in [0, 0.1) is 12.7 Å². The van der Waals surface area contributed by atoms with Crippen molar-refractivity contribution in [3.63, 3.8) is 0 Å². The summed E-state index contributed by atoms with van der Waals surface area (Å²) in [5.74, 6) is -1.20. The summed E-state index contributed by atoms with van der Waals surface area (Å²) >= 11 is 0. The van der Waals surface area contributed by atoms with E-state index in [0.29, 0.717) is 10.1 Å². The Morgan fingerprint density at radius 3 is 2.58 bits per heavy atom. The number of aromatic nitrogens is 2. The number of hydrogen-bond donors (Lipinski definition) is 1. The minimum Gasteiger partial charge on any atom is -0.313 e. The van der Waals surface area contributed by atoms with Gasteiger partial charge < -0.3 is 4.98 Å². The number of H-pyrrole nitrogens is 1. The maximum atomic E-state index is 13.8. The number of halogens is 1. The molecule has 5 nitrogen and oxygen atoms in total. The molecule has 0 saturated heterocycles. The Morgan fingerprint density at radius 1 is 1.32 bits per heavy atom. The molecule has 0 bridgehead atoms. The van der Waals surface area contributed by atoms with E-state index in [1.54, 1.807) is 13.0 Å². The standard InChI is InChI=1S/C13H11FN2O3/c1-7-3-4-11(10(14)5-7)16-12(18)9(8(2)17)6-15-13(16)19/h3-6H,1-2H3,(H,15,19). The van der Waals surface area contributed by atoms with Crippen molar-refractivity contribution in [1.29, 1.82) is 0 Å². The zero-order valence-corrected chi connectivity index (χ0v) is 10.4. The first-order chi connectivity index (χ1) is 8.91. The molecular formula is C13H11FN2O3. The molecule has 6 heteroatoms. The molecule has 0 aliphatic heterocycles. The highest BCUT2D eigenvalue weighted by Gasteiger charge is 2.15. The van der Waals surface area contributed by atoms with Crippen LogP contribution in [0.15, 0.2) is 34.0 Å². The van der Waals surface area contributed by atoms with Crippen molar-refractivity contribution in [3.05, 3.63) is 62.2 Å². The lowest BCUT2D eigenvalue weighted by molar-refractivity contribution is 0.101. The molecule has 1 N–H and O–H groups in total. The molecule has 1 aromatic heterocycles. The number of nitrogens with one attached hydrogen (secondary N) is 1. The third kappa shape index (κ3) is 2.24. The number of Topliss-reactive ketones (excluding diaryl/α,β-unsaturated/α-hetero) is 1. The molecule has 1 aromatic carbocycles. The van der Waals surface area contributed by atoms with Crippen LogP contribution in [0.3, 0.4) is 0 Å². The molecular weight excluding hydrogens is 251 g/mol. The number of aromatic amines is 1. The van der Waals surface area contributed by atoms with Gasteiger partial charge in [-0.3, -0.25) is 9.59 Å². The van der Waals surface area contributed by atoms with Crippen LogP contribution in [0.25, 0.3) is 5.69 Å². The van der Waals surface area contributed by atoms with Gasteiger partial charge in [0.1, 0.15) is 5.82 Å². The predicted molar refractivity (Wildman–Crippen MR) is 67.4 cm³/mol. The molecule has 0 spiro atoms. The van der Waals surface area contributed by atoms with E-state index in [1.165, 1.54) is 19.1 Å². The molecule has 19 heavy (non-hydrogen) atoms. The summed E-state index contributed by atoms with van der Waals surface area (Å²) < 4.78 is 14.4. The Hall–Kier alpha value is -2.50. The predicted octanol–water partition coefficient (Wildman–Crippen LogP) is 1.18. The second-order valence-corrected chi connectivity index (χ2v) is 4.16. The van der Waals surface area contributed by atoms with Crippen molar-refractivity contribution >= 4 is 5.78 Å². The van der Waals surface area contributed by atoms with Crippen LogP contribution >= 0.6 is 0 Å². The van der Waals surface area contributed by atoms with Crippen molar-refractivity contribution in [2.24, 2.45) is 0 Å². The average Bonchev–Trinajstić information content (AvgIpc) is 2.31. The van der Waals surface area contributed by atoms with Crippen LogP contribution in [0.4, 0.5) is 4.39 Å². The molecule has 0 radical (unpaired) electrons. The molecule has 0 aliphatic carbocycles. The van der Waals surface area contributed by atoms with E-state index >= 15 is 0 Å². The fraction of sp³-hybridized carbons (Fsp3) is 0.154. The molecule has 0 amide bonds. The molecule has 0 atom stereocenters. The van der Waals surface area contributed by atoms with Crippen LogP contribution in [0.1, 0.15) is 22.8 Å². The summed E-state index contributed by atoms with van der Waals surface area (Å²) in [5, 5.41) is 0. The van der Waals surface area contributed by atoms with Gasteiger partial charge in [-0.2, -0.15) is 0 Å². The van der Waals surface area contributed by atoms with Gasteiger partial charge in [-0.05, 0) is 31.5 Å². The van der Waals surface area contributed by atoms with Crippen LogP contribution in [0.5, 0.6) is 0 Å². The Morgan fingerprint density at radius 2 is 2.00 bits per heavy atom. The minimum atomic E-state index is -0.834. The minimum absolute atomic E-state index is 0.181. The summed E-state index contributed by atoms with van der Waals surface area (Å²) in [6.45, 7) is 2.89. The second-order valence-electron chi connectivity index (χ2n) is 4.16. The molecule has 98 valence electrons. The number of carbonyl (C=O) groups is 1. The zero-order valence-electron chi connectivity index (χ0n) is 10.4. The Labute approximate surface area is 107 Å². The number of aryl methyl sites for hydroxylation is 1. The number of rotatable bonds is 2. The maximum Gasteiger partial charge on any atom is 0.333 e. The fourth-order valence-electron chi connectivity index (χ4n) is 1.74. The van der Waals surface area contributed by atoms with E-state index in [-0.39, 0.29) is 11.3 Å². The first-order valence-electron chi connectivity index (χ1n) is 5.54. The van der Waals surface area contributed by atoms with Crippen molar-refractivity contribution < 1.29 is 9.18 Å². The smallest absolute Gasteiger partial charge is 0.313 e. The van der Waals surface area contributed by atoms with E-state index in [1.807, 2.05) is 0 Å². The van der Waals surface area contributed by atoms with Gasteiger partial charge in [0, 0.05) is 6.20 Å². The van der Waals surface area contributed by atoms with Crippen LogP contribution < -0.4 is 11.2 Å². The van der Waals surface area contributed by atoms with Gasteiger partial charge in [-0.25, -0.2) is 13.8 Å². The second kappa shape index (κ2) is 4.64. The summed E-state index contributed by atoms with van der Waals surface area (Å²) in [6.07, 6.45) is 1.04. The lowest BCUT2D eigenvalue weighted by Gasteiger charge is -2.07. The van der Waals surface area contributed by atoms with Crippen molar-refractivity contribution in [3.8, 4) is 5.69 Å². The van der Waals surface area contributed by atoms with Gasteiger partial charge in [0.25, 0.3) is 5.56 Å². The van der Waals surface area contributed by atoms with Gasteiger partial charge in [0.15, 0.2) is 5.78 Å². The molecule has 0 saturated carbocycles. The van der Waals surface area contributed by atoms with Crippen molar-refractivity contribution in [2.45, 2.75) is 13.8 Å². The number of nitrogens with zero attached hydrogens (tertiary/aromatic N) is 1. The normalized spacial score (nSPS) is 10.5. The van der Waals surface area contributed by atoms with E-state index in [4.69, 9.17) is 0 Å². The Bertz CT molecular complexity index is 774. The maximum absolute atomic E-state index is 13.8. The lowest BCUT2D eigenvalue weighted by Crippen LogP contribution is -2.36. The summed E-state index contributed by atoms with van der Waals surface area (Å²) in [7, 11) is 0. The number of benzene rings is 1. The van der Waals surface area contributed by atoms with Crippen LogP contribution in [0.2, 0.25) is 0 Å². The van der Waals surface area contributed by atoms with Gasteiger partial charge in [-0.1, -0.05) is 6.07 Å². The third-order valence-corrected chi connectivity index (χ3v) is 2.70. The number of ketones is 1. The molecule has 1 heterocycles. The van der Waals surface area contributed by atoms with Crippen molar-refractivity contribution in [2.75, 3.05) is 0 Å². The Kier molecular flexibility index (Phi) is 3.16.